The van der Waals surface area contributed by atoms with Crippen LogP contribution in [0.15, 0.2) is 64.5 Å². The lowest BCUT2D eigenvalue weighted by atomic mass is 10.1. The average molecular weight is 494 g/mol. The maximum Gasteiger partial charge on any atom is 0.269 e. The van der Waals surface area contributed by atoms with Crippen LogP contribution in [0.1, 0.15) is 23.2 Å². The second kappa shape index (κ2) is 11.2. The normalized spacial score (nSPS) is 13.6. The Bertz CT molecular complexity index is 1240. The first-order valence-electron chi connectivity index (χ1n) is 11.4. The molecule has 1 aliphatic rings. The van der Waals surface area contributed by atoms with Crippen LogP contribution in [0.4, 0.5) is 11.4 Å². The number of nitrogens with one attached hydrogen (secondary N) is 1. The number of nitrogens with zero attached hydrogens (tertiary/aromatic N) is 4. The Balaban J connectivity index is 1.28. The van der Waals surface area contributed by atoms with Crippen LogP contribution in [0.3, 0.4) is 0 Å². The maximum absolute atomic E-state index is 12.8. The molecule has 4 rings (SSSR count). The zero-order valence-corrected chi connectivity index (χ0v) is 20.3. The van der Waals surface area contributed by atoms with E-state index in [1.54, 1.807) is 12.1 Å². The number of hydrogen-bond donors (Lipinski definition) is 1. The van der Waals surface area contributed by atoms with E-state index in [0.717, 1.165) is 11.3 Å². The molecule has 1 N–H and O–H groups in total. The van der Waals surface area contributed by atoms with Gasteiger partial charge >= 0.3 is 0 Å². The lowest BCUT2D eigenvalue weighted by Gasteiger charge is -2.36. The van der Waals surface area contributed by atoms with Crippen molar-refractivity contribution in [1.29, 1.82) is 0 Å². The van der Waals surface area contributed by atoms with Gasteiger partial charge in [0, 0.05) is 67.4 Å². The molecule has 1 aliphatic heterocycles. The van der Waals surface area contributed by atoms with E-state index in [1.807, 2.05) is 42.2 Å². The van der Waals surface area contributed by atoms with E-state index in [0.29, 0.717) is 54.8 Å². The monoisotopic (exact) mass is 493 g/mol. The van der Waals surface area contributed by atoms with Gasteiger partial charge in [0.05, 0.1) is 4.92 Å². The van der Waals surface area contributed by atoms with Gasteiger partial charge in [-0.2, -0.15) is 0 Å². The number of nitro groups is 1. The van der Waals surface area contributed by atoms with Crippen molar-refractivity contribution in [3.63, 3.8) is 0 Å². The van der Waals surface area contributed by atoms with Crippen LogP contribution in [0.2, 0.25) is 0 Å². The number of piperazine rings is 1. The molecule has 0 aliphatic carbocycles. The van der Waals surface area contributed by atoms with E-state index >= 15 is 0 Å². The number of carbonyl (C=O) groups excluding carboxylic acids is 1. The Morgan fingerprint density at radius 1 is 1.09 bits per heavy atom. The molecule has 0 spiro atoms. The molecule has 0 unspecified atom stereocenters. The summed E-state index contributed by atoms with van der Waals surface area (Å²) in [6.07, 6.45) is 0.596. The Kier molecular flexibility index (Phi) is 7.81. The van der Waals surface area contributed by atoms with Crippen molar-refractivity contribution in [1.82, 2.24) is 14.9 Å². The van der Waals surface area contributed by atoms with Crippen molar-refractivity contribution in [2.24, 2.45) is 0 Å². The van der Waals surface area contributed by atoms with Crippen LogP contribution in [-0.2, 0) is 17.0 Å². The van der Waals surface area contributed by atoms with Gasteiger partial charge in [-0.15, -0.1) is 0 Å². The fourth-order valence-electron chi connectivity index (χ4n) is 4.06. The summed E-state index contributed by atoms with van der Waals surface area (Å²) in [7, 11) is 0. The fourth-order valence-corrected chi connectivity index (χ4v) is 4.92. The smallest absolute Gasteiger partial charge is 0.269 e. The Hall–Kier alpha value is -3.66. The number of carbonyl (C=O) groups is 1. The number of non-ortho nitro benzene ring substituents is 1. The summed E-state index contributed by atoms with van der Waals surface area (Å²) < 4.78 is 0. The molecule has 2 heterocycles. The highest BCUT2D eigenvalue weighted by atomic mass is 32.2. The number of aromatic nitrogens is 2. The van der Waals surface area contributed by atoms with Crippen LogP contribution in [0, 0.1) is 17.0 Å². The summed E-state index contributed by atoms with van der Waals surface area (Å²) >= 11 is 1.48. The van der Waals surface area contributed by atoms with Crippen LogP contribution in [0.5, 0.6) is 0 Å². The summed E-state index contributed by atoms with van der Waals surface area (Å²) in [5.74, 6) is 0.724. The number of anilines is 1. The van der Waals surface area contributed by atoms with Crippen molar-refractivity contribution < 1.29 is 9.72 Å². The van der Waals surface area contributed by atoms with Crippen molar-refractivity contribution in [2.75, 3.05) is 31.1 Å². The molecule has 182 valence electrons. The van der Waals surface area contributed by atoms with Gasteiger partial charge in [0.25, 0.3) is 11.2 Å². The van der Waals surface area contributed by atoms with E-state index in [9.17, 15) is 19.7 Å². The van der Waals surface area contributed by atoms with Gasteiger partial charge in [-0.1, -0.05) is 42.1 Å². The summed E-state index contributed by atoms with van der Waals surface area (Å²) in [6.45, 7) is 4.25. The molecule has 1 aromatic heterocycles. The van der Waals surface area contributed by atoms with Gasteiger partial charge in [-0.25, -0.2) is 4.98 Å². The number of nitro benzene ring substituents is 1. The lowest BCUT2D eigenvalue weighted by Crippen LogP contribution is -2.48. The Morgan fingerprint density at radius 2 is 1.77 bits per heavy atom. The zero-order valence-electron chi connectivity index (χ0n) is 19.5. The van der Waals surface area contributed by atoms with E-state index in [-0.39, 0.29) is 23.6 Å². The van der Waals surface area contributed by atoms with Crippen LogP contribution in [-0.4, -0.2) is 51.9 Å². The third-order valence-corrected chi connectivity index (χ3v) is 7.01. The predicted molar refractivity (Wildman–Crippen MR) is 136 cm³/mol. The third-order valence-electron chi connectivity index (χ3n) is 6.07. The standard InChI is InChI=1S/C25H27N5O4S/c1-18-22(24(32)27-25(26-18)35-17-19-5-3-2-4-6-19)11-12-23(31)29-15-13-28(14-16-29)20-7-9-21(10-8-20)30(33)34/h2-10H,11-17H2,1H3,(H,26,27,32). The number of thioether (sulfide) groups is 1. The molecule has 0 saturated carbocycles. The molecule has 0 bridgehead atoms. The largest absolute Gasteiger partial charge is 0.368 e. The first kappa shape index (κ1) is 24.5. The summed E-state index contributed by atoms with van der Waals surface area (Å²) in [5.41, 5.74) is 3.13. The summed E-state index contributed by atoms with van der Waals surface area (Å²) in [6, 6.07) is 16.4. The SMILES string of the molecule is Cc1nc(SCc2ccccc2)[nH]c(=O)c1CCC(=O)N1CCN(c2ccc([N+](=O)[O-])cc2)CC1. The van der Waals surface area contributed by atoms with E-state index < -0.39 is 4.92 Å². The molecule has 3 aromatic rings. The number of aromatic amines is 1. The fraction of sp³-hybridized carbons (Fsp3) is 0.320. The quantitative estimate of drug-likeness (QED) is 0.221. The van der Waals surface area contributed by atoms with Gasteiger partial charge < -0.3 is 14.8 Å². The molecule has 2 aromatic carbocycles. The molecule has 0 radical (unpaired) electrons. The summed E-state index contributed by atoms with van der Waals surface area (Å²) in [4.78, 5) is 47.1. The highest BCUT2D eigenvalue weighted by Crippen LogP contribution is 2.21. The molecule has 1 saturated heterocycles. The molecule has 0 atom stereocenters. The number of benzene rings is 2. The van der Waals surface area contributed by atoms with Gasteiger partial charge in [0.2, 0.25) is 5.91 Å². The second-order valence-electron chi connectivity index (χ2n) is 8.35. The number of hydrogen-bond acceptors (Lipinski definition) is 7. The molecular weight excluding hydrogens is 466 g/mol. The van der Waals surface area contributed by atoms with Crippen LogP contribution < -0.4 is 10.5 Å². The lowest BCUT2D eigenvalue weighted by molar-refractivity contribution is -0.384. The Labute approximate surface area is 207 Å². The number of amides is 1. The minimum absolute atomic E-state index is 0.00896. The molecule has 1 fully saturated rings. The highest BCUT2D eigenvalue weighted by Gasteiger charge is 2.22. The third kappa shape index (κ3) is 6.27. The molecule has 9 nitrogen and oxygen atoms in total. The maximum atomic E-state index is 12.8. The number of aryl methyl sites for hydroxylation is 1. The highest BCUT2D eigenvalue weighted by molar-refractivity contribution is 7.98. The number of rotatable bonds is 8. The minimum Gasteiger partial charge on any atom is -0.368 e. The van der Waals surface area contributed by atoms with Gasteiger partial charge in [-0.05, 0) is 31.0 Å². The van der Waals surface area contributed by atoms with E-state index in [1.165, 1.54) is 23.9 Å². The van der Waals surface area contributed by atoms with Gasteiger partial charge in [0.15, 0.2) is 5.16 Å². The molecule has 35 heavy (non-hydrogen) atoms. The van der Waals surface area contributed by atoms with Crippen molar-refractivity contribution >= 4 is 29.0 Å². The first-order valence-corrected chi connectivity index (χ1v) is 12.4. The number of H-pyrrole nitrogens is 1. The van der Waals surface area contributed by atoms with Crippen molar-refractivity contribution in [3.8, 4) is 0 Å². The zero-order chi connectivity index (χ0) is 24.8. The minimum atomic E-state index is -0.417. The Morgan fingerprint density at radius 3 is 2.40 bits per heavy atom. The molecule has 10 heteroatoms. The summed E-state index contributed by atoms with van der Waals surface area (Å²) in [5, 5.41) is 11.4. The second-order valence-corrected chi connectivity index (χ2v) is 9.31. The van der Waals surface area contributed by atoms with Crippen molar-refractivity contribution in [2.45, 2.75) is 30.7 Å². The van der Waals surface area contributed by atoms with Crippen LogP contribution in [0.25, 0.3) is 0 Å². The van der Waals surface area contributed by atoms with Crippen molar-refractivity contribution in [3.05, 3.63) is 91.9 Å². The molecular formula is C25H27N5O4S. The first-order chi connectivity index (χ1) is 16.9. The average Bonchev–Trinajstić information content (AvgIpc) is 2.87. The molecule has 1 amide bonds. The topological polar surface area (TPSA) is 112 Å². The van der Waals surface area contributed by atoms with Gasteiger partial charge in [0.1, 0.15) is 0 Å². The predicted octanol–water partition coefficient (Wildman–Crippen LogP) is 3.56. The van der Waals surface area contributed by atoms with E-state index in [2.05, 4.69) is 14.9 Å². The van der Waals surface area contributed by atoms with Crippen LogP contribution >= 0.6 is 11.8 Å². The van der Waals surface area contributed by atoms with Gasteiger partial charge in [-0.3, -0.25) is 19.7 Å². The van der Waals surface area contributed by atoms with E-state index in [4.69, 9.17) is 0 Å².